The molecule has 0 saturated heterocycles. The zero-order chi connectivity index (χ0) is 23.3. The van der Waals surface area contributed by atoms with Crippen LogP contribution in [0.1, 0.15) is 42.3 Å². The summed E-state index contributed by atoms with van der Waals surface area (Å²) in [5, 5.41) is 5.61. The first-order valence-electron chi connectivity index (χ1n) is 10.1. The first-order valence-corrected chi connectivity index (χ1v) is 11.7. The molecule has 0 aromatic heterocycles. The fraction of sp³-hybridized carbons (Fsp3) is 0.154. The summed E-state index contributed by atoms with van der Waals surface area (Å²) in [5.41, 5.74) is 3.18. The summed E-state index contributed by atoms with van der Waals surface area (Å²) in [4.78, 5) is 25.9. The van der Waals surface area contributed by atoms with Crippen LogP contribution < -0.4 is 10.6 Å². The topological polar surface area (TPSA) is 58.2 Å². The molecule has 0 spiro atoms. The predicted molar refractivity (Wildman–Crippen MR) is 137 cm³/mol. The monoisotopic (exact) mass is 554 g/mol. The van der Waals surface area contributed by atoms with E-state index in [1.165, 1.54) is 0 Å². The standard InChI is InChI=1S/C26H24Br2N2O2/c1-26(2,3)19-8-6-18(7-9-19)24(31)30-23(16-17-4-10-20(27)11-5-17)25(32)29-22-14-12-21(28)13-15-22/h4-16H,1-3H3,(H,29,32)(H,30,31)/b23-16+. The molecule has 0 aliphatic heterocycles. The van der Waals surface area contributed by atoms with Crippen molar-refractivity contribution in [3.8, 4) is 0 Å². The highest BCUT2D eigenvalue weighted by molar-refractivity contribution is 9.10. The highest BCUT2D eigenvalue weighted by atomic mass is 79.9. The van der Waals surface area contributed by atoms with Crippen LogP contribution in [0.25, 0.3) is 6.08 Å². The molecule has 164 valence electrons. The Morgan fingerprint density at radius 3 is 1.84 bits per heavy atom. The average molecular weight is 556 g/mol. The molecule has 2 amide bonds. The van der Waals surface area contributed by atoms with E-state index < -0.39 is 5.91 Å². The van der Waals surface area contributed by atoms with Gasteiger partial charge in [0, 0.05) is 20.2 Å². The molecular formula is C26H24Br2N2O2. The second-order valence-electron chi connectivity index (χ2n) is 8.35. The van der Waals surface area contributed by atoms with Crippen LogP contribution in [0.15, 0.2) is 87.4 Å². The van der Waals surface area contributed by atoms with Crippen LogP contribution in [-0.2, 0) is 10.2 Å². The number of rotatable bonds is 5. The van der Waals surface area contributed by atoms with Gasteiger partial charge in [-0.2, -0.15) is 0 Å². The second kappa shape index (κ2) is 10.3. The number of amides is 2. The van der Waals surface area contributed by atoms with Crippen LogP contribution in [0.2, 0.25) is 0 Å². The van der Waals surface area contributed by atoms with E-state index in [2.05, 4.69) is 63.3 Å². The molecule has 3 aromatic carbocycles. The SMILES string of the molecule is CC(C)(C)c1ccc(C(=O)N/C(=C/c2ccc(Br)cc2)C(=O)Nc2ccc(Br)cc2)cc1. The van der Waals surface area contributed by atoms with Crippen molar-refractivity contribution in [3.63, 3.8) is 0 Å². The minimum Gasteiger partial charge on any atom is -0.321 e. The third-order valence-corrected chi connectivity index (χ3v) is 5.85. The Labute approximate surface area is 205 Å². The van der Waals surface area contributed by atoms with Crippen molar-refractivity contribution in [2.75, 3.05) is 5.32 Å². The van der Waals surface area contributed by atoms with Crippen molar-refractivity contribution in [1.29, 1.82) is 0 Å². The molecule has 4 nitrogen and oxygen atoms in total. The van der Waals surface area contributed by atoms with E-state index in [9.17, 15) is 9.59 Å². The van der Waals surface area contributed by atoms with E-state index in [4.69, 9.17) is 0 Å². The van der Waals surface area contributed by atoms with E-state index in [0.29, 0.717) is 11.3 Å². The zero-order valence-corrected chi connectivity index (χ0v) is 21.2. The van der Waals surface area contributed by atoms with Crippen LogP contribution in [-0.4, -0.2) is 11.8 Å². The van der Waals surface area contributed by atoms with Crippen LogP contribution in [0.4, 0.5) is 5.69 Å². The van der Waals surface area contributed by atoms with Crippen molar-refractivity contribution in [2.45, 2.75) is 26.2 Å². The molecule has 0 heterocycles. The zero-order valence-electron chi connectivity index (χ0n) is 18.1. The van der Waals surface area contributed by atoms with E-state index in [-0.39, 0.29) is 17.0 Å². The van der Waals surface area contributed by atoms with Gasteiger partial charge in [0.15, 0.2) is 0 Å². The number of anilines is 1. The molecule has 0 unspecified atom stereocenters. The number of hydrogen-bond acceptors (Lipinski definition) is 2. The molecule has 0 radical (unpaired) electrons. The maximum Gasteiger partial charge on any atom is 0.272 e. The van der Waals surface area contributed by atoms with Crippen LogP contribution in [0.5, 0.6) is 0 Å². The van der Waals surface area contributed by atoms with Gasteiger partial charge >= 0.3 is 0 Å². The summed E-state index contributed by atoms with van der Waals surface area (Å²) in [6.07, 6.45) is 1.65. The molecule has 0 fully saturated rings. The number of nitrogens with one attached hydrogen (secondary N) is 2. The number of benzene rings is 3. The lowest BCUT2D eigenvalue weighted by atomic mass is 9.87. The molecule has 0 bridgehead atoms. The van der Waals surface area contributed by atoms with Gasteiger partial charge in [0.05, 0.1) is 0 Å². The maximum absolute atomic E-state index is 13.0. The van der Waals surface area contributed by atoms with Crippen LogP contribution in [0, 0.1) is 0 Å². The molecule has 2 N–H and O–H groups in total. The summed E-state index contributed by atoms with van der Waals surface area (Å²) < 4.78 is 1.84. The summed E-state index contributed by atoms with van der Waals surface area (Å²) in [5.74, 6) is -0.755. The molecule has 6 heteroatoms. The van der Waals surface area contributed by atoms with Gasteiger partial charge in [0.1, 0.15) is 5.70 Å². The first kappa shape index (κ1) is 24.0. The van der Waals surface area contributed by atoms with E-state index in [1.54, 1.807) is 30.3 Å². The Hall–Kier alpha value is -2.70. The van der Waals surface area contributed by atoms with Gasteiger partial charge in [-0.05, 0) is 71.1 Å². The Kier molecular flexibility index (Phi) is 7.69. The Bertz CT molecular complexity index is 1130. The van der Waals surface area contributed by atoms with Gasteiger partial charge in [-0.1, -0.05) is 76.9 Å². The Balaban J connectivity index is 1.86. The Morgan fingerprint density at radius 1 is 0.781 bits per heavy atom. The number of carbonyl (C=O) groups excluding carboxylic acids is 2. The van der Waals surface area contributed by atoms with Gasteiger partial charge in [-0.25, -0.2) is 0 Å². The fourth-order valence-corrected chi connectivity index (χ4v) is 3.46. The highest BCUT2D eigenvalue weighted by Crippen LogP contribution is 2.22. The highest BCUT2D eigenvalue weighted by Gasteiger charge is 2.17. The van der Waals surface area contributed by atoms with Crippen molar-refractivity contribution in [3.05, 3.63) is 104 Å². The van der Waals surface area contributed by atoms with E-state index in [0.717, 1.165) is 20.1 Å². The number of carbonyl (C=O) groups is 2. The lowest BCUT2D eigenvalue weighted by Gasteiger charge is -2.19. The van der Waals surface area contributed by atoms with Crippen molar-refractivity contribution >= 4 is 55.4 Å². The quantitative estimate of drug-likeness (QED) is 0.336. The van der Waals surface area contributed by atoms with E-state index >= 15 is 0 Å². The molecule has 0 aliphatic carbocycles. The van der Waals surface area contributed by atoms with Gasteiger partial charge in [-0.15, -0.1) is 0 Å². The minimum atomic E-state index is -0.407. The van der Waals surface area contributed by atoms with Crippen molar-refractivity contribution in [1.82, 2.24) is 5.32 Å². The van der Waals surface area contributed by atoms with Crippen LogP contribution in [0.3, 0.4) is 0 Å². The third-order valence-electron chi connectivity index (χ3n) is 4.79. The lowest BCUT2D eigenvalue weighted by Crippen LogP contribution is -2.30. The lowest BCUT2D eigenvalue weighted by molar-refractivity contribution is -0.113. The van der Waals surface area contributed by atoms with Gasteiger partial charge in [0.2, 0.25) is 0 Å². The molecule has 0 saturated carbocycles. The second-order valence-corrected chi connectivity index (χ2v) is 10.2. The molecular weight excluding hydrogens is 532 g/mol. The van der Waals surface area contributed by atoms with Gasteiger partial charge in [-0.3, -0.25) is 9.59 Å². The minimum absolute atomic E-state index is 0.00772. The number of halogens is 2. The largest absolute Gasteiger partial charge is 0.321 e. The van der Waals surface area contributed by atoms with Gasteiger partial charge in [0.25, 0.3) is 11.8 Å². The Morgan fingerprint density at radius 2 is 1.31 bits per heavy atom. The number of hydrogen-bond donors (Lipinski definition) is 2. The molecule has 32 heavy (non-hydrogen) atoms. The normalized spacial score (nSPS) is 11.7. The summed E-state index contributed by atoms with van der Waals surface area (Å²) >= 11 is 6.79. The average Bonchev–Trinajstić information content (AvgIpc) is 2.75. The van der Waals surface area contributed by atoms with Crippen molar-refractivity contribution in [2.24, 2.45) is 0 Å². The molecule has 0 aliphatic rings. The summed E-state index contributed by atoms with van der Waals surface area (Å²) in [7, 11) is 0. The fourth-order valence-electron chi connectivity index (χ4n) is 2.93. The third kappa shape index (κ3) is 6.65. The molecule has 0 atom stereocenters. The maximum atomic E-state index is 13.0. The first-order chi connectivity index (χ1) is 15.1. The van der Waals surface area contributed by atoms with E-state index in [1.807, 2.05) is 48.5 Å². The van der Waals surface area contributed by atoms with Gasteiger partial charge < -0.3 is 10.6 Å². The molecule has 3 rings (SSSR count). The predicted octanol–water partition coefficient (Wildman–Crippen LogP) is 6.92. The summed E-state index contributed by atoms with van der Waals surface area (Å²) in [6.45, 7) is 6.36. The smallest absolute Gasteiger partial charge is 0.272 e. The van der Waals surface area contributed by atoms with Crippen molar-refractivity contribution < 1.29 is 9.59 Å². The summed E-state index contributed by atoms with van der Waals surface area (Å²) in [6, 6.07) is 22.2. The van der Waals surface area contributed by atoms with Crippen LogP contribution >= 0.6 is 31.9 Å². The molecule has 3 aromatic rings.